The fourth-order valence-electron chi connectivity index (χ4n) is 3.45. The van der Waals surface area contributed by atoms with Gasteiger partial charge in [0.15, 0.2) is 0 Å². The molecule has 1 N–H and O–H groups in total. The molecular formula is C23H28Cl2FNO6. The monoisotopic (exact) mass is 503 g/mol. The number of hydrogen-bond donors (Lipinski definition) is 1. The summed E-state index contributed by atoms with van der Waals surface area (Å²) in [6, 6.07) is 0. The summed E-state index contributed by atoms with van der Waals surface area (Å²) in [7, 11) is 1.45. The van der Waals surface area contributed by atoms with Gasteiger partial charge in [-0.25, -0.2) is 4.79 Å². The highest BCUT2D eigenvalue weighted by Gasteiger charge is 2.38. The first-order chi connectivity index (χ1) is 15.2. The minimum absolute atomic E-state index is 0.00716. The lowest BCUT2D eigenvalue weighted by molar-refractivity contribution is -0.154. The number of fused-ring (bicyclic) bond motifs is 1. The van der Waals surface area contributed by atoms with Crippen molar-refractivity contribution in [2.45, 2.75) is 70.7 Å². The zero-order chi connectivity index (χ0) is 25.1. The first-order valence-corrected chi connectivity index (χ1v) is 11.1. The molecule has 0 bridgehead atoms. The van der Waals surface area contributed by atoms with Crippen molar-refractivity contribution in [3.8, 4) is 5.75 Å². The average molecular weight is 504 g/mol. The summed E-state index contributed by atoms with van der Waals surface area (Å²) in [5, 5.41) is 2.32. The highest BCUT2D eigenvalue weighted by Crippen LogP contribution is 2.42. The second-order valence-electron chi connectivity index (χ2n) is 8.73. The highest BCUT2D eigenvalue weighted by molar-refractivity contribution is 6.57. The average Bonchev–Trinajstić information content (AvgIpc) is 3.06. The third kappa shape index (κ3) is 6.84. The van der Waals surface area contributed by atoms with E-state index in [2.05, 4.69) is 5.32 Å². The molecule has 0 aliphatic carbocycles. The molecule has 7 nitrogen and oxygen atoms in total. The number of methoxy groups -OCH3 is 1. The van der Waals surface area contributed by atoms with E-state index in [9.17, 15) is 18.8 Å². The smallest absolute Gasteiger partial charge is 0.341 e. The minimum Gasteiger partial charge on any atom is -0.496 e. The van der Waals surface area contributed by atoms with Crippen LogP contribution in [0.15, 0.2) is 11.6 Å². The summed E-state index contributed by atoms with van der Waals surface area (Å²) in [5.41, 5.74) is 2.05. The van der Waals surface area contributed by atoms with Crippen molar-refractivity contribution >= 4 is 46.7 Å². The molecule has 0 atom stereocenters. The van der Waals surface area contributed by atoms with Crippen molar-refractivity contribution in [1.82, 2.24) is 0 Å². The standard InChI is InChI=1S/C23H28Cl2FNO6/c1-12(8-10-16(28)33-22(3,4)5)7-9-14-18(27-21(30)23(24,25)26)17-15(11-32-20(17)29)13(2)19(14)31-6/h7H,8-11H2,1-6H3,(H,27,30). The summed E-state index contributed by atoms with van der Waals surface area (Å²) in [4.78, 5) is 36.6. The number of hydrogen-bond acceptors (Lipinski definition) is 6. The summed E-state index contributed by atoms with van der Waals surface area (Å²) < 4.78 is 26.6. The molecule has 33 heavy (non-hydrogen) atoms. The quantitative estimate of drug-likeness (QED) is 0.293. The number of benzene rings is 1. The van der Waals surface area contributed by atoms with Crippen LogP contribution in [-0.2, 0) is 32.1 Å². The van der Waals surface area contributed by atoms with Gasteiger partial charge in [0.2, 0.25) is 0 Å². The van der Waals surface area contributed by atoms with E-state index in [1.54, 1.807) is 27.7 Å². The van der Waals surface area contributed by atoms with E-state index in [1.165, 1.54) is 7.11 Å². The molecule has 2 rings (SSSR count). The Hall–Kier alpha value is -2.32. The molecule has 0 saturated carbocycles. The molecular weight excluding hydrogens is 476 g/mol. The van der Waals surface area contributed by atoms with E-state index in [0.717, 1.165) is 5.57 Å². The number of halogens is 3. The van der Waals surface area contributed by atoms with Gasteiger partial charge in [-0.15, -0.1) is 0 Å². The van der Waals surface area contributed by atoms with E-state index in [0.29, 0.717) is 28.9 Å². The molecule has 0 saturated heterocycles. The summed E-state index contributed by atoms with van der Waals surface area (Å²) in [6.45, 7) is 8.98. The van der Waals surface area contributed by atoms with Crippen molar-refractivity contribution in [3.63, 3.8) is 0 Å². The molecule has 1 aromatic rings. The number of alkyl halides is 3. The first kappa shape index (κ1) is 26.9. The van der Waals surface area contributed by atoms with Crippen molar-refractivity contribution in [2.75, 3.05) is 12.4 Å². The van der Waals surface area contributed by atoms with Crippen LogP contribution in [0, 0.1) is 6.92 Å². The number of amides is 1. The number of cyclic esters (lactones) is 1. The zero-order valence-electron chi connectivity index (χ0n) is 19.5. The van der Waals surface area contributed by atoms with Crippen molar-refractivity contribution in [2.24, 2.45) is 0 Å². The number of rotatable bonds is 8. The van der Waals surface area contributed by atoms with E-state index >= 15 is 0 Å². The van der Waals surface area contributed by atoms with Gasteiger partial charge in [-0.3, -0.25) is 9.59 Å². The zero-order valence-corrected chi connectivity index (χ0v) is 21.0. The van der Waals surface area contributed by atoms with Crippen molar-refractivity contribution in [3.05, 3.63) is 33.9 Å². The van der Waals surface area contributed by atoms with Crippen LogP contribution in [0.4, 0.5) is 10.1 Å². The maximum absolute atomic E-state index is 13.8. The Morgan fingerprint density at radius 2 is 1.88 bits per heavy atom. The third-order valence-electron chi connectivity index (χ3n) is 4.97. The van der Waals surface area contributed by atoms with Crippen LogP contribution in [-0.4, -0.2) is 35.1 Å². The van der Waals surface area contributed by atoms with Crippen LogP contribution in [0.3, 0.4) is 0 Å². The predicted octanol–water partition coefficient (Wildman–Crippen LogP) is 5.32. The highest BCUT2D eigenvalue weighted by atomic mass is 35.5. The molecule has 0 fully saturated rings. The fourth-order valence-corrected chi connectivity index (χ4v) is 3.54. The molecule has 1 heterocycles. The second-order valence-corrected chi connectivity index (χ2v) is 9.97. The van der Waals surface area contributed by atoms with E-state index in [-0.39, 0.29) is 36.7 Å². The fraction of sp³-hybridized carbons (Fsp3) is 0.522. The summed E-state index contributed by atoms with van der Waals surface area (Å²) >= 11 is 10.6. The van der Waals surface area contributed by atoms with Crippen LogP contribution in [0.5, 0.6) is 5.75 Å². The lowest BCUT2D eigenvalue weighted by Gasteiger charge is -2.21. The predicted molar refractivity (Wildman–Crippen MR) is 124 cm³/mol. The Bertz CT molecular complexity index is 992. The Balaban J connectivity index is 2.40. The SMILES string of the molecule is COc1c(C)c2c(c(NC(=O)C(F)(Cl)Cl)c1CC=C(C)CCC(=O)OC(C)(C)C)C(=O)OC2. The van der Waals surface area contributed by atoms with Gasteiger partial charge < -0.3 is 19.5 Å². The number of carbonyl (C=O) groups is 3. The van der Waals surface area contributed by atoms with Crippen LogP contribution >= 0.6 is 23.2 Å². The van der Waals surface area contributed by atoms with Gasteiger partial charge in [0.1, 0.15) is 18.0 Å². The number of nitrogens with one attached hydrogen (secondary N) is 1. The number of carbonyl (C=O) groups excluding carboxylic acids is 3. The molecule has 10 heteroatoms. The van der Waals surface area contributed by atoms with Gasteiger partial charge >= 0.3 is 16.5 Å². The largest absolute Gasteiger partial charge is 0.496 e. The molecule has 1 aromatic carbocycles. The van der Waals surface area contributed by atoms with Gasteiger partial charge in [-0.1, -0.05) is 34.9 Å². The van der Waals surface area contributed by atoms with Crippen LogP contribution in [0.1, 0.15) is 67.6 Å². The molecule has 0 aromatic heterocycles. The van der Waals surface area contributed by atoms with Gasteiger partial charge in [-0.2, -0.15) is 4.39 Å². The number of allylic oxidation sites excluding steroid dienone is 2. The number of anilines is 1. The molecule has 1 amide bonds. The minimum atomic E-state index is -3.20. The van der Waals surface area contributed by atoms with E-state index in [1.807, 2.05) is 13.0 Å². The van der Waals surface area contributed by atoms with E-state index in [4.69, 9.17) is 37.4 Å². The summed E-state index contributed by atoms with van der Waals surface area (Å²) in [6.07, 6.45) is 2.68. The van der Waals surface area contributed by atoms with Gasteiger partial charge in [0.05, 0.1) is 18.4 Å². The van der Waals surface area contributed by atoms with Gasteiger partial charge in [-0.05, 0) is 53.0 Å². The molecule has 182 valence electrons. The van der Waals surface area contributed by atoms with Crippen LogP contribution in [0.2, 0.25) is 0 Å². The van der Waals surface area contributed by atoms with E-state index < -0.39 is 22.1 Å². The van der Waals surface area contributed by atoms with Crippen LogP contribution in [0.25, 0.3) is 0 Å². The maximum Gasteiger partial charge on any atom is 0.341 e. The topological polar surface area (TPSA) is 90.9 Å². The molecule has 0 radical (unpaired) electrons. The normalized spacial score (nSPS) is 14.0. The Kier molecular flexibility index (Phi) is 8.41. The molecule has 1 aliphatic heterocycles. The van der Waals surface area contributed by atoms with Crippen LogP contribution < -0.4 is 10.1 Å². The lowest BCUT2D eigenvalue weighted by Crippen LogP contribution is -2.29. The first-order valence-electron chi connectivity index (χ1n) is 10.3. The van der Waals surface area contributed by atoms with Gasteiger partial charge in [0.25, 0.3) is 5.91 Å². The Labute approximate surface area is 202 Å². The summed E-state index contributed by atoms with van der Waals surface area (Å²) in [5.74, 6) is -1.91. The lowest BCUT2D eigenvalue weighted by atomic mass is 9.93. The number of ether oxygens (including phenoxy) is 3. The number of esters is 2. The molecule has 0 spiro atoms. The Morgan fingerprint density at radius 1 is 1.24 bits per heavy atom. The van der Waals surface area contributed by atoms with Crippen molar-refractivity contribution < 1.29 is 33.0 Å². The Morgan fingerprint density at radius 3 is 2.42 bits per heavy atom. The molecule has 1 aliphatic rings. The maximum atomic E-state index is 13.8. The second kappa shape index (κ2) is 10.3. The third-order valence-corrected chi connectivity index (χ3v) is 5.31. The molecule has 0 unspecified atom stereocenters. The van der Waals surface area contributed by atoms with Crippen molar-refractivity contribution in [1.29, 1.82) is 0 Å². The van der Waals surface area contributed by atoms with Gasteiger partial charge in [0, 0.05) is 17.5 Å².